The lowest BCUT2D eigenvalue weighted by Gasteiger charge is -2.16. The van der Waals surface area contributed by atoms with Gasteiger partial charge < -0.3 is 16.0 Å². The van der Waals surface area contributed by atoms with Crippen LogP contribution in [0.1, 0.15) is 42.5 Å². The van der Waals surface area contributed by atoms with E-state index in [1.165, 1.54) is 0 Å². The van der Waals surface area contributed by atoms with Crippen molar-refractivity contribution in [2.75, 3.05) is 6.54 Å². The van der Waals surface area contributed by atoms with Gasteiger partial charge in [-0.1, -0.05) is 26.8 Å². The van der Waals surface area contributed by atoms with Crippen LogP contribution >= 0.6 is 0 Å². The van der Waals surface area contributed by atoms with Gasteiger partial charge in [0.2, 0.25) is 0 Å². The molecule has 2 aliphatic heterocycles. The van der Waals surface area contributed by atoms with Crippen molar-refractivity contribution in [2.45, 2.75) is 32.2 Å². The van der Waals surface area contributed by atoms with E-state index < -0.39 is 6.04 Å². The van der Waals surface area contributed by atoms with E-state index in [-0.39, 0.29) is 23.2 Å². The molecule has 0 aliphatic carbocycles. The number of fused-ring (bicyclic) bond motifs is 1. The maximum atomic E-state index is 12.2. The number of guanidine groups is 1. The van der Waals surface area contributed by atoms with Gasteiger partial charge in [-0.3, -0.25) is 14.9 Å². The van der Waals surface area contributed by atoms with E-state index in [2.05, 4.69) is 41.4 Å². The lowest BCUT2D eigenvalue weighted by Crippen LogP contribution is -2.33. The number of aromatic amines is 1. The number of carbonyl (C=O) groups is 2. The van der Waals surface area contributed by atoms with Crippen LogP contribution in [0.25, 0.3) is 5.57 Å². The second kappa shape index (κ2) is 4.72. The molecule has 5 N–H and O–H groups in total. The lowest BCUT2D eigenvalue weighted by atomic mass is 9.91. The molecule has 0 saturated heterocycles. The Bertz CT molecular complexity index is 721. The number of amides is 2. The average Bonchev–Trinajstić information content (AvgIpc) is 2.94. The van der Waals surface area contributed by atoms with Gasteiger partial charge in [-0.25, -0.2) is 4.99 Å². The van der Waals surface area contributed by atoms with Gasteiger partial charge in [-0.05, 0) is 11.6 Å². The second-order valence-electron chi connectivity index (χ2n) is 6.50. The van der Waals surface area contributed by atoms with Gasteiger partial charge in [0.25, 0.3) is 11.8 Å². The Labute approximate surface area is 128 Å². The Morgan fingerprint density at radius 2 is 2.05 bits per heavy atom. The summed E-state index contributed by atoms with van der Waals surface area (Å²) in [6.07, 6.45) is 1.82. The zero-order valence-corrected chi connectivity index (χ0v) is 12.8. The number of aliphatic imine (C=N–C) groups is 1. The molecule has 7 heteroatoms. The van der Waals surface area contributed by atoms with Gasteiger partial charge in [-0.2, -0.15) is 0 Å². The van der Waals surface area contributed by atoms with E-state index in [1.54, 1.807) is 0 Å². The molecule has 1 aromatic heterocycles. The fourth-order valence-electron chi connectivity index (χ4n) is 2.61. The van der Waals surface area contributed by atoms with E-state index in [0.717, 1.165) is 5.69 Å². The number of hydrogen-bond donors (Lipinski definition) is 4. The first-order chi connectivity index (χ1) is 10.3. The summed E-state index contributed by atoms with van der Waals surface area (Å²) in [6.45, 7) is 6.51. The van der Waals surface area contributed by atoms with Gasteiger partial charge in [0.05, 0.1) is 0 Å². The van der Waals surface area contributed by atoms with Crippen LogP contribution in [0.15, 0.2) is 17.1 Å². The van der Waals surface area contributed by atoms with Crippen molar-refractivity contribution in [1.82, 2.24) is 15.6 Å². The highest BCUT2D eigenvalue weighted by Crippen LogP contribution is 2.32. The van der Waals surface area contributed by atoms with Crippen LogP contribution in [0.2, 0.25) is 0 Å². The zero-order chi connectivity index (χ0) is 16.1. The summed E-state index contributed by atoms with van der Waals surface area (Å²) >= 11 is 0. The number of nitrogens with zero attached hydrogens (tertiary/aromatic N) is 1. The monoisotopic (exact) mass is 301 g/mol. The number of nitrogens with two attached hydrogens (primary N) is 1. The van der Waals surface area contributed by atoms with Crippen molar-refractivity contribution in [3.8, 4) is 0 Å². The van der Waals surface area contributed by atoms with Gasteiger partial charge in [0.15, 0.2) is 12.0 Å². The standard InChI is InChI=1S/C15H19N5O2/c1-15(2,3)9-6-8-7(10-13(22)20-14(16)19-10)4-5-17-12(21)11(8)18-9/h4,6,10,18H,5H2,1-3H3,(H,17,21)(H3,16,19,20,22). The van der Waals surface area contributed by atoms with Crippen molar-refractivity contribution < 1.29 is 9.59 Å². The van der Waals surface area contributed by atoms with Crippen LogP contribution in [-0.2, 0) is 10.2 Å². The highest BCUT2D eigenvalue weighted by molar-refractivity contribution is 6.12. The van der Waals surface area contributed by atoms with Gasteiger partial charge in [-0.15, -0.1) is 0 Å². The first-order valence-electron chi connectivity index (χ1n) is 7.13. The molecule has 0 saturated carbocycles. The summed E-state index contributed by atoms with van der Waals surface area (Å²) < 4.78 is 0. The molecule has 0 radical (unpaired) electrons. The van der Waals surface area contributed by atoms with E-state index in [9.17, 15) is 9.59 Å². The molecule has 0 bridgehead atoms. The van der Waals surface area contributed by atoms with Crippen molar-refractivity contribution in [2.24, 2.45) is 10.7 Å². The molecule has 1 atom stereocenters. The predicted octanol–water partition coefficient (Wildman–Crippen LogP) is 0.252. The van der Waals surface area contributed by atoms with E-state index >= 15 is 0 Å². The number of carbonyl (C=O) groups excluding carboxylic acids is 2. The third-order valence-electron chi connectivity index (χ3n) is 3.81. The largest absolute Gasteiger partial charge is 0.370 e. The summed E-state index contributed by atoms with van der Waals surface area (Å²) in [5.41, 5.74) is 8.23. The van der Waals surface area contributed by atoms with Crippen molar-refractivity contribution in [1.29, 1.82) is 0 Å². The Hall–Kier alpha value is -2.57. The lowest BCUT2D eigenvalue weighted by molar-refractivity contribution is -0.118. The van der Waals surface area contributed by atoms with Crippen LogP contribution in [0, 0.1) is 0 Å². The fourth-order valence-corrected chi connectivity index (χ4v) is 2.61. The molecular weight excluding hydrogens is 282 g/mol. The average molecular weight is 301 g/mol. The topological polar surface area (TPSA) is 112 Å². The third-order valence-corrected chi connectivity index (χ3v) is 3.81. The van der Waals surface area contributed by atoms with E-state index in [4.69, 9.17) is 5.73 Å². The normalized spacial score (nSPS) is 21.5. The van der Waals surface area contributed by atoms with Crippen LogP contribution in [-0.4, -0.2) is 35.3 Å². The minimum Gasteiger partial charge on any atom is -0.370 e. The Morgan fingerprint density at radius 1 is 1.32 bits per heavy atom. The predicted molar refractivity (Wildman–Crippen MR) is 83.4 cm³/mol. The summed E-state index contributed by atoms with van der Waals surface area (Å²) in [5.74, 6) is -0.359. The summed E-state index contributed by atoms with van der Waals surface area (Å²) in [4.78, 5) is 31.6. The number of H-pyrrole nitrogens is 1. The Balaban J connectivity index is 2.12. The smallest absolute Gasteiger partial charge is 0.268 e. The van der Waals surface area contributed by atoms with E-state index in [0.29, 0.717) is 23.4 Å². The molecule has 3 heterocycles. The van der Waals surface area contributed by atoms with Crippen LogP contribution in [0.4, 0.5) is 0 Å². The number of aromatic nitrogens is 1. The van der Waals surface area contributed by atoms with Crippen molar-refractivity contribution in [3.63, 3.8) is 0 Å². The van der Waals surface area contributed by atoms with E-state index in [1.807, 2.05) is 12.1 Å². The highest BCUT2D eigenvalue weighted by Gasteiger charge is 2.34. The molecule has 3 rings (SSSR count). The summed E-state index contributed by atoms with van der Waals surface area (Å²) in [6, 6.07) is 1.21. The number of rotatable bonds is 1. The third kappa shape index (κ3) is 2.28. The SMILES string of the molecule is CC(C)(C)c1cc2c([nH]1)C(=O)NCC=C2C1N=C(N)NC1=O. The van der Waals surface area contributed by atoms with Crippen LogP contribution in [0.5, 0.6) is 0 Å². The highest BCUT2D eigenvalue weighted by atomic mass is 16.2. The van der Waals surface area contributed by atoms with Gasteiger partial charge >= 0.3 is 0 Å². The first kappa shape index (κ1) is 14.4. The maximum absolute atomic E-state index is 12.2. The second-order valence-corrected chi connectivity index (χ2v) is 6.50. The minimum atomic E-state index is -0.713. The van der Waals surface area contributed by atoms with Gasteiger partial charge in [0.1, 0.15) is 5.69 Å². The molecule has 116 valence electrons. The van der Waals surface area contributed by atoms with Crippen LogP contribution < -0.4 is 16.4 Å². The fraction of sp³-hybridized carbons (Fsp3) is 0.400. The summed E-state index contributed by atoms with van der Waals surface area (Å²) in [5, 5.41) is 5.28. The molecule has 0 fully saturated rings. The Morgan fingerprint density at radius 3 is 2.64 bits per heavy atom. The molecule has 0 spiro atoms. The first-order valence-corrected chi connectivity index (χ1v) is 7.13. The Kier molecular flexibility index (Phi) is 3.09. The summed E-state index contributed by atoms with van der Waals surface area (Å²) in [7, 11) is 0. The maximum Gasteiger partial charge on any atom is 0.268 e. The molecule has 22 heavy (non-hydrogen) atoms. The zero-order valence-electron chi connectivity index (χ0n) is 12.8. The molecule has 2 aliphatic rings. The number of nitrogens with one attached hydrogen (secondary N) is 3. The molecule has 0 aromatic carbocycles. The van der Waals surface area contributed by atoms with Crippen molar-refractivity contribution in [3.05, 3.63) is 29.1 Å². The van der Waals surface area contributed by atoms with Gasteiger partial charge in [0, 0.05) is 23.2 Å². The molecular formula is C15H19N5O2. The molecule has 2 amide bonds. The number of hydrogen-bond acceptors (Lipinski definition) is 4. The van der Waals surface area contributed by atoms with Crippen LogP contribution in [0.3, 0.4) is 0 Å². The molecule has 1 unspecified atom stereocenters. The minimum absolute atomic E-state index is 0.104. The quantitative estimate of drug-likeness (QED) is 0.596. The molecule has 1 aromatic rings. The molecule has 7 nitrogen and oxygen atoms in total. The van der Waals surface area contributed by atoms with Crippen molar-refractivity contribution >= 4 is 23.3 Å².